The fourth-order valence-corrected chi connectivity index (χ4v) is 3.95. The van der Waals surface area contributed by atoms with Crippen molar-refractivity contribution in [2.45, 2.75) is 71.1 Å². The van der Waals surface area contributed by atoms with E-state index < -0.39 is 28.6 Å². The van der Waals surface area contributed by atoms with Crippen LogP contribution in [0.25, 0.3) is 0 Å². The number of hydrogen-bond acceptors (Lipinski definition) is 6. The first-order valence-electron chi connectivity index (χ1n) is 10.6. The smallest absolute Gasteiger partial charge is 0.269 e. The second-order valence-corrected chi connectivity index (χ2v) is 9.88. The molecular formula is C22H32N4O5S. The summed E-state index contributed by atoms with van der Waals surface area (Å²) in [6.07, 6.45) is 0.517. The van der Waals surface area contributed by atoms with Crippen molar-refractivity contribution in [1.82, 2.24) is 15.5 Å². The maximum absolute atomic E-state index is 13.3. The molecule has 1 aromatic rings. The normalized spacial score (nSPS) is 20.2. The second kappa shape index (κ2) is 10.3. The molecule has 0 saturated carbocycles. The predicted molar refractivity (Wildman–Crippen MR) is 124 cm³/mol. The number of amides is 3. The van der Waals surface area contributed by atoms with Gasteiger partial charge in [-0.25, -0.2) is 0 Å². The highest BCUT2D eigenvalue weighted by Crippen LogP contribution is 2.24. The van der Waals surface area contributed by atoms with Crippen molar-refractivity contribution in [3.63, 3.8) is 0 Å². The topological polar surface area (TPSA) is 122 Å². The Bertz CT molecular complexity index is 866. The van der Waals surface area contributed by atoms with Crippen LogP contribution >= 0.6 is 12.6 Å². The maximum atomic E-state index is 13.3. The lowest BCUT2D eigenvalue weighted by atomic mass is 9.93. The molecule has 0 spiro atoms. The zero-order valence-corrected chi connectivity index (χ0v) is 20.0. The highest BCUT2D eigenvalue weighted by molar-refractivity contribution is 7.80. The van der Waals surface area contributed by atoms with Crippen LogP contribution in [0.5, 0.6) is 0 Å². The quantitative estimate of drug-likeness (QED) is 0.309. The molecule has 1 aliphatic rings. The van der Waals surface area contributed by atoms with Gasteiger partial charge in [0.05, 0.1) is 4.92 Å². The van der Waals surface area contributed by atoms with Gasteiger partial charge in [0, 0.05) is 29.8 Å². The lowest BCUT2D eigenvalue weighted by Gasteiger charge is -2.43. The van der Waals surface area contributed by atoms with E-state index >= 15 is 0 Å². The summed E-state index contributed by atoms with van der Waals surface area (Å²) in [5.74, 6) is -0.847. The van der Waals surface area contributed by atoms with Gasteiger partial charge in [0.25, 0.3) is 5.69 Å². The molecule has 1 unspecified atom stereocenters. The third-order valence-electron chi connectivity index (χ3n) is 5.10. The summed E-state index contributed by atoms with van der Waals surface area (Å²) in [4.78, 5) is 51.4. The summed E-state index contributed by atoms with van der Waals surface area (Å²) < 4.78 is 0. The second-order valence-electron chi connectivity index (χ2n) is 9.52. The average Bonchev–Trinajstić information content (AvgIpc) is 2.68. The van der Waals surface area contributed by atoms with Gasteiger partial charge in [0.2, 0.25) is 17.7 Å². The lowest BCUT2D eigenvalue weighted by Crippen LogP contribution is -2.69. The third kappa shape index (κ3) is 6.44. The Balaban J connectivity index is 2.45. The van der Waals surface area contributed by atoms with Crippen LogP contribution in [-0.2, 0) is 20.8 Å². The molecule has 1 heterocycles. The van der Waals surface area contributed by atoms with Crippen molar-refractivity contribution < 1.29 is 19.3 Å². The van der Waals surface area contributed by atoms with Crippen molar-refractivity contribution in [1.29, 1.82) is 0 Å². The molecule has 176 valence electrons. The number of nitro benzene ring substituents is 1. The third-order valence-corrected chi connectivity index (χ3v) is 5.46. The number of thiol groups is 1. The minimum absolute atomic E-state index is 0.0628. The SMILES string of the molecule is CC(C)CC(C(=O)NC(C)(C)C)N1C(=O)[C@H](CS)NC(=O)[C@@H]1Cc1ccc([N+](=O)[O-])cc1. The molecule has 2 rings (SSSR count). The van der Waals surface area contributed by atoms with E-state index in [9.17, 15) is 24.5 Å². The van der Waals surface area contributed by atoms with Gasteiger partial charge >= 0.3 is 0 Å². The van der Waals surface area contributed by atoms with Crippen LogP contribution < -0.4 is 10.6 Å². The molecule has 2 N–H and O–H groups in total. The van der Waals surface area contributed by atoms with E-state index in [0.29, 0.717) is 12.0 Å². The average molecular weight is 465 g/mol. The highest BCUT2D eigenvalue weighted by Gasteiger charge is 2.46. The highest BCUT2D eigenvalue weighted by atomic mass is 32.1. The van der Waals surface area contributed by atoms with Gasteiger partial charge in [0.1, 0.15) is 18.1 Å². The fraction of sp³-hybridized carbons (Fsp3) is 0.591. The van der Waals surface area contributed by atoms with Crippen molar-refractivity contribution in [2.24, 2.45) is 5.92 Å². The molecule has 10 heteroatoms. The number of non-ortho nitro benzene ring substituents is 1. The van der Waals surface area contributed by atoms with Crippen LogP contribution in [0.1, 0.15) is 46.6 Å². The first kappa shape index (κ1) is 25.6. The summed E-state index contributed by atoms with van der Waals surface area (Å²) in [5, 5.41) is 16.6. The summed E-state index contributed by atoms with van der Waals surface area (Å²) >= 11 is 4.20. The van der Waals surface area contributed by atoms with Crippen molar-refractivity contribution >= 4 is 36.0 Å². The Kier molecular flexibility index (Phi) is 8.28. The molecule has 3 atom stereocenters. The molecule has 0 bridgehead atoms. The molecular weight excluding hydrogens is 432 g/mol. The number of benzene rings is 1. The van der Waals surface area contributed by atoms with Crippen molar-refractivity contribution in [3.8, 4) is 0 Å². The number of carbonyl (C=O) groups is 3. The molecule has 1 fully saturated rings. The number of nitro groups is 1. The lowest BCUT2D eigenvalue weighted by molar-refractivity contribution is -0.384. The van der Waals surface area contributed by atoms with Gasteiger partial charge < -0.3 is 15.5 Å². The van der Waals surface area contributed by atoms with Crippen molar-refractivity contribution in [2.75, 3.05) is 5.75 Å². The monoisotopic (exact) mass is 464 g/mol. The van der Waals surface area contributed by atoms with Gasteiger partial charge in [-0.2, -0.15) is 12.6 Å². The van der Waals surface area contributed by atoms with Crippen LogP contribution in [-0.4, -0.2) is 57.0 Å². The largest absolute Gasteiger partial charge is 0.350 e. The van der Waals surface area contributed by atoms with Gasteiger partial charge in [-0.15, -0.1) is 0 Å². The van der Waals surface area contributed by atoms with E-state index in [4.69, 9.17) is 0 Å². The molecule has 1 saturated heterocycles. The molecule has 0 aromatic heterocycles. The standard InChI is InChI=1S/C22H32N4O5S/c1-13(2)10-17(20(28)24-22(3,4)5)25-18(19(27)23-16(12-32)21(25)29)11-14-6-8-15(9-7-14)26(30)31/h6-9,13,16-18,32H,10-12H2,1-5H3,(H,23,27)(H,24,28)/t16-,17?,18-/m0/s1. The van der Waals surface area contributed by atoms with E-state index in [-0.39, 0.29) is 41.5 Å². The van der Waals surface area contributed by atoms with Crippen LogP contribution in [0.2, 0.25) is 0 Å². The summed E-state index contributed by atoms with van der Waals surface area (Å²) in [6, 6.07) is 3.26. The van der Waals surface area contributed by atoms with Crippen LogP contribution in [0, 0.1) is 16.0 Å². The van der Waals surface area contributed by atoms with E-state index in [0.717, 1.165) is 0 Å². The fourth-order valence-electron chi connectivity index (χ4n) is 3.70. The maximum Gasteiger partial charge on any atom is 0.269 e. The van der Waals surface area contributed by atoms with E-state index in [1.807, 2.05) is 34.6 Å². The van der Waals surface area contributed by atoms with Crippen molar-refractivity contribution in [3.05, 3.63) is 39.9 Å². The van der Waals surface area contributed by atoms with E-state index in [1.54, 1.807) is 12.1 Å². The molecule has 0 aliphatic carbocycles. The van der Waals surface area contributed by atoms with Gasteiger partial charge in [0.15, 0.2) is 0 Å². The number of piperazine rings is 1. The van der Waals surface area contributed by atoms with Gasteiger partial charge in [-0.1, -0.05) is 26.0 Å². The summed E-state index contributed by atoms with van der Waals surface area (Å²) in [6.45, 7) is 9.47. The minimum Gasteiger partial charge on any atom is -0.350 e. The molecule has 9 nitrogen and oxygen atoms in total. The zero-order valence-electron chi connectivity index (χ0n) is 19.1. The number of nitrogens with one attached hydrogen (secondary N) is 2. The first-order valence-corrected chi connectivity index (χ1v) is 11.3. The summed E-state index contributed by atoms with van der Waals surface area (Å²) in [5.41, 5.74) is 0.0778. The molecule has 1 aliphatic heterocycles. The number of carbonyl (C=O) groups excluding carboxylic acids is 3. The first-order chi connectivity index (χ1) is 14.8. The Morgan fingerprint density at radius 1 is 1.25 bits per heavy atom. The Morgan fingerprint density at radius 2 is 1.84 bits per heavy atom. The molecule has 3 amide bonds. The number of rotatable bonds is 8. The van der Waals surface area contributed by atoms with Crippen LogP contribution in [0.3, 0.4) is 0 Å². The van der Waals surface area contributed by atoms with E-state index in [1.165, 1.54) is 17.0 Å². The number of hydrogen-bond donors (Lipinski definition) is 3. The molecule has 32 heavy (non-hydrogen) atoms. The van der Waals surface area contributed by atoms with Crippen LogP contribution in [0.4, 0.5) is 5.69 Å². The molecule has 1 aromatic carbocycles. The van der Waals surface area contributed by atoms with Crippen LogP contribution in [0.15, 0.2) is 24.3 Å². The Hall–Kier alpha value is -2.62. The van der Waals surface area contributed by atoms with E-state index in [2.05, 4.69) is 23.3 Å². The number of nitrogens with zero attached hydrogens (tertiary/aromatic N) is 2. The van der Waals surface area contributed by atoms with Gasteiger partial charge in [-0.05, 0) is 38.7 Å². The summed E-state index contributed by atoms with van der Waals surface area (Å²) in [7, 11) is 0. The minimum atomic E-state index is -0.922. The Morgan fingerprint density at radius 3 is 2.31 bits per heavy atom. The predicted octanol–water partition coefficient (Wildman–Crippen LogP) is 2.09. The van der Waals surface area contributed by atoms with Gasteiger partial charge in [-0.3, -0.25) is 24.5 Å². The zero-order chi connectivity index (χ0) is 24.2. The Labute approximate surface area is 193 Å². The molecule has 0 radical (unpaired) electrons.